The molecule has 0 saturated heterocycles. The zero-order valence-electron chi connectivity index (χ0n) is 23.4. The largest absolute Gasteiger partial charge is 0.455 e. The minimum absolute atomic E-state index is 0.453. The maximum atomic E-state index is 8.51. The zero-order chi connectivity index (χ0) is 26.8. The molecule has 0 saturated carbocycles. The number of fused-ring (bicyclic) bond motifs is 4. The molecule has 0 amide bonds. The Morgan fingerprint density at radius 1 is 0.889 bits per heavy atom. The van der Waals surface area contributed by atoms with Gasteiger partial charge in [0, 0.05) is 42.6 Å². The number of aromatic nitrogens is 2. The highest BCUT2D eigenvalue weighted by molar-refractivity contribution is 6.13. The molecule has 0 aliphatic carbocycles. The first-order valence-electron chi connectivity index (χ1n) is 13.4. The Morgan fingerprint density at radius 3 is 2.33 bits per heavy atom. The van der Waals surface area contributed by atoms with Crippen LogP contribution in [0.1, 0.15) is 34.8 Å². The summed E-state index contributed by atoms with van der Waals surface area (Å²) in [4.78, 5) is 4.51. The molecule has 6 rings (SSSR count). The number of rotatable bonds is 3. The van der Waals surface area contributed by atoms with E-state index >= 15 is 0 Å². The lowest BCUT2D eigenvalue weighted by Gasteiger charge is -2.17. The van der Waals surface area contributed by atoms with E-state index in [1.54, 1.807) is 12.3 Å². The molecule has 0 N–H and O–H groups in total. The number of hydrogen-bond acceptors (Lipinski definition) is 2. The van der Waals surface area contributed by atoms with Crippen LogP contribution in [0.4, 0.5) is 0 Å². The van der Waals surface area contributed by atoms with Crippen molar-refractivity contribution in [1.82, 2.24) is 4.98 Å². The summed E-state index contributed by atoms with van der Waals surface area (Å²) in [6.07, 6.45) is 2.35. The van der Waals surface area contributed by atoms with E-state index in [4.69, 9.17) is 7.16 Å². The standard InChI is InChI=1S/C33H31N2O/c1-21-10-14-27-28-16-22-8-6-7-9-23(22)17-30(28)36-32(27)31(21)29-15-12-25(20-35(29)5)24-11-13-26(34-19-24)18-33(2,3)4/h6-17,19-20H,18H2,1-5H3/q+1/i18D2. The van der Waals surface area contributed by atoms with Gasteiger partial charge in [-0.15, -0.1) is 0 Å². The number of aryl methyl sites for hydroxylation is 2. The van der Waals surface area contributed by atoms with Crippen molar-refractivity contribution in [2.75, 3.05) is 0 Å². The second-order valence-electron chi connectivity index (χ2n) is 10.7. The van der Waals surface area contributed by atoms with Gasteiger partial charge in [0.25, 0.3) is 0 Å². The van der Waals surface area contributed by atoms with Gasteiger partial charge in [-0.05, 0) is 59.3 Å². The van der Waals surface area contributed by atoms with Crippen LogP contribution in [0.25, 0.3) is 55.1 Å². The molecule has 0 atom stereocenters. The normalized spacial score (nSPS) is 13.4. The highest BCUT2D eigenvalue weighted by Gasteiger charge is 2.21. The van der Waals surface area contributed by atoms with Crippen LogP contribution in [0, 0.1) is 12.3 Å². The van der Waals surface area contributed by atoms with Gasteiger partial charge >= 0.3 is 0 Å². The van der Waals surface area contributed by atoms with Crippen LogP contribution in [-0.4, -0.2) is 4.98 Å². The average molecular weight is 474 g/mol. The molecular formula is C33H31N2O+. The number of hydrogen-bond donors (Lipinski definition) is 0. The zero-order valence-corrected chi connectivity index (χ0v) is 21.4. The Labute approximate surface area is 214 Å². The van der Waals surface area contributed by atoms with Crippen molar-refractivity contribution in [3.63, 3.8) is 0 Å². The Bertz CT molecular complexity index is 1840. The van der Waals surface area contributed by atoms with Crippen molar-refractivity contribution < 1.29 is 11.7 Å². The first kappa shape index (κ1) is 20.2. The van der Waals surface area contributed by atoms with E-state index in [0.717, 1.165) is 49.9 Å². The Kier molecular flexibility index (Phi) is 4.67. The Hall–Kier alpha value is -3.98. The van der Waals surface area contributed by atoms with Crippen molar-refractivity contribution in [3.8, 4) is 22.4 Å². The lowest BCUT2D eigenvalue weighted by Crippen LogP contribution is -2.31. The molecule has 36 heavy (non-hydrogen) atoms. The van der Waals surface area contributed by atoms with Crippen molar-refractivity contribution in [3.05, 3.63) is 96.4 Å². The molecule has 6 aromatic rings. The number of nitrogens with zero attached hydrogens (tertiary/aromatic N) is 2. The summed E-state index contributed by atoms with van der Waals surface area (Å²) >= 11 is 0. The minimum atomic E-state index is -1.52. The summed E-state index contributed by atoms with van der Waals surface area (Å²) in [5, 5.41) is 4.61. The summed E-state index contributed by atoms with van der Waals surface area (Å²) in [5.74, 6) is 0. The van der Waals surface area contributed by atoms with Gasteiger partial charge in [0.2, 0.25) is 5.69 Å². The summed E-state index contributed by atoms with van der Waals surface area (Å²) in [6.45, 7) is 7.81. The topological polar surface area (TPSA) is 29.9 Å². The van der Waals surface area contributed by atoms with E-state index in [2.05, 4.69) is 83.3 Å². The number of furan rings is 1. The molecule has 0 aliphatic heterocycles. The molecule has 0 unspecified atom stereocenters. The molecule has 178 valence electrons. The van der Waals surface area contributed by atoms with Crippen molar-refractivity contribution in [2.24, 2.45) is 12.5 Å². The highest BCUT2D eigenvalue weighted by atomic mass is 16.3. The Morgan fingerprint density at radius 2 is 1.64 bits per heavy atom. The fraction of sp³-hybridized carbons (Fsp3) is 0.212. The van der Waals surface area contributed by atoms with Crippen molar-refractivity contribution in [1.29, 1.82) is 0 Å². The third kappa shape index (κ3) is 3.95. The minimum Gasteiger partial charge on any atom is -0.455 e. The summed E-state index contributed by atoms with van der Waals surface area (Å²) in [5.41, 5.74) is 6.98. The van der Waals surface area contributed by atoms with Gasteiger partial charge in [-0.25, -0.2) is 4.57 Å². The fourth-order valence-corrected chi connectivity index (χ4v) is 5.00. The van der Waals surface area contributed by atoms with Gasteiger partial charge in [0.05, 0.1) is 5.56 Å². The molecule has 3 nitrogen and oxygen atoms in total. The molecule has 0 aliphatic rings. The van der Waals surface area contributed by atoms with E-state index in [1.165, 1.54) is 10.8 Å². The molecule has 0 bridgehead atoms. The molecule has 0 spiro atoms. The van der Waals surface area contributed by atoms with Crippen LogP contribution in [-0.2, 0) is 13.4 Å². The first-order chi connectivity index (χ1) is 18.0. The van der Waals surface area contributed by atoms with Crippen LogP contribution >= 0.6 is 0 Å². The quantitative estimate of drug-likeness (QED) is 0.243. The van der Waals surface area contributed by atoms with E-state index in [-0.39, 0.29) is 0 Å². The van der Waals surface area contributed by atoms with Crippen LogP contribution in [0.2, 0.25) is 0 Å². The lowest BCUT2D eigenvalue weighted by atomic mass is 9.90. The molecule has 3 aromatic heterocycles. The molecular weight excluding hydrogens is 440 g/mol. The summed E-state index contributed by atoms with van der Waals surface area (Å²) in [7, 11) is 2.05. The molecule has 3 heteroatoms. The molecule has 3 heterocycles. The smallest absolute Gasteiger partial charge is 0.216 e. The van der Waals surface area contributed by atoms with Crippen molar-refractivity contribution >= 4 is 32.7 Å². The lowest BCUT2D eigenvalue weighted by molar-refractivity contribution is -0.659. The monoisotopic (exact) mass is 473 g/mol. The van der Waals surface area contributed by atoms with Gasteiger partial charge < -0.3 is 4.42 Å². The van der Waals surface area contributed by atoms with Gasteiger partial charge in [-0.2, -0.15) is 0 Å². The molecule has 3 aromatic carbocycles. The third-order valence-corrected chi connectivity index (χ3v) is 6.71. The second-order valence-corrected chi connectivity index (χ2v) is 10.7. The van der Waals surface area contributed by atoms with Crippen LogP contribution in [0.5, 0.6) is 0 Å². The van der Waals surface area contributed by atoms with Gasteiger partial charge in [0.1, 0.15) is 18.2 Å². The van der Waals surface area contributed by atoms with Gasteiger partial charge in [0.15, 0.2) is 6.20 Å². The Balaban J connectivity index is 1.44. The van der Waals surface area contributed by atoms with E-state index in [0.29, 0.717) is 5.69 Å². The maximum absolute atomic E-state index is 8.51. The van der Waals surface area contributed by atoms with Crippen LogP contribution in [0.3, 0.4) is 0 Å². The second kappa shape index (κ2) is 8.30. The van der Waals surface area contributed by atoms with Gasteiger partial charge in [-0.1, -0.05) is 63.2 Å². The van der Waals surface area contributed by atoms with Crippen molar-refractivity contribution in [2.45, 2.75) is 34.1 Å². The van der Waals surface area contributed by atoms with Gasteiger partial charge in [-0.3, -0.25) is 4.98 Å². The molecule has 0 radical (unpaired) electrons. The number of pyridine rings is 2. The SMILES string of the molecule is [2H]C([2H])(c1ccc(-c2ccc(-c3c(C)ccc4c3oc3cc5ccccc5cc34)[n+](C)c2)cn1)C(C)(C)C. The highest BCUT2D eigenvalue weighted by Crippen LogP contribution is 2.38. The summed E-state index contributed by atoms with van der Waals surface area (Å²) in [6, 6.07) is 25.0. The van der Waals surface area contributed by atoms with E-state index in [1.807, 2.05) is 33.9 Å². The summed E-state index contributed by atoms with van der Waals surface area (Å²) < 4.78 is 25.7. The number of benzene rings is 3. The van der Waals surface area contributed by atoms with E-state index in [9.17, 15) is 0 Å². The van der Waals surface area contributed by atoms with E-state index < -0.39 is 11.8 Å². The third-order valence-electron chi connectivity index (χ3n) is 6.71. The predicted molar refractivity (Wildman–Crippen MR) is 149 cm³/mol. The average Bonchev–Trinajstić information content (AvgIpc) is 3.24. The first-order valence-corrected chi connectivity index (χ1v) is 12.4. The maximum Gasteiger partial charge on any atom is 0.216 e. The predicted octanol–water partition coefficient (Wildman–Crippen LogP) is 8.19. The fourth-order valence-electron chi connectivity index (χ4n) is 5.00. The van der Waals surface area contributed by atoms with Crippen LogP contribution in [0.15, 0.2) is 89.6 Å². The van der Waals surface area contributed by atoms with Crippen LogP contribution < -0.4 is 4.57 Å². The molecule has 0 fully saturated rings.